The third-order valence-corrected chi connectivity index (χ3v) is 6.72. The summed E-state index contributed by atoms with van der Waals surface area (Å²) in [5.74, 6) is 0.745. The first kappa shape index (κ1) is 21.7. The second kappa shape index (κ2) is 9.30. The van der Waals surface area contributed by atoms with Crippen LogP contribution in [0.3, 0.4) is 0 Å². The lowest BCUT2D eigenvalue weighted by Gasteiger charge is -2.23. The Balaban J connectivity index is 1.36. The van der Waals surface area contributed by atoms with Gasteiger partial charge in [0, 0.05) is 32.1 Å². The number of aromatic nitrogens is 2. The molecule has 1 aromatic carbocycles. The predicted molar refractivity (Wildman–Crippen MR) is 120 cm³/mol. The first-order valence-electron chi connectivity index (χ1n) is 10.5. The van der Waals surface area contributed by atoms with Gasteiger partial charge in [-0.2, -0.15) is 0 Å². The fourth-order valence-electron chi connectivity index (χ4n) is 4.15. The van der Waals surface area contributed by atoms with Crippen molar-refractivity contribution in [2.24, 2.45) is 0 Å². The molecule has 4 rings (SSSR count). The number of carbonyl (C=O) groups is 1. The Morgan fingerprint density at radius 3 is 2.84 bits per heavy atom. The highest BCUT2D eigenvalue weighted by Gasteiger charge is 2.35. The Bertz CT molecular complexity index is 1060. The minimum absolute atomic E-state index is 0.0506. The molecule has 1 saturated heterocycles. The number of aryl methyl sites for hydroxylation is 3. The van der Waals surface area contributed by atoms with E-state index in [1.165, 1.54) is 16.0 Å². The van der Waals surface area contributed by atoms with Gasteiger partial charge in [0.2, 0.25) is 5.91 Å². The van der Waals surface area contributed by atoms with E-state index in [-0.39, 0.29) is 11.9 Å². The van der Waals surface area contributed by atoms with Gasteiger partial charge >= 0.3 is 0 Å². The van der Waals surface area contributed by atoms with Crippen LogP contribution < -0.4 is 5.32 Å². The summed E-state index contributed by atoms with van der Waals surface area (Å²) in [6, 6.07) is 7.83. The molecule has 0 radical (unpaired) electrons. The molecule has 8 heteroatoms. The molecule has 7 nitrogen and oxygen atoms in total. The van der Waals surface area contributed by atoms with Gasteiger partial charge in [-0.05, 0) is 43.9 Å². The summed E-state index contributed by atoms with van der Waals surface area (Å²) in [5.41, 5.74) is 7.15. The zero-order valence-corrected chi connectivity index (χ0v) is 18.9. The zero-order chi connectivity index (χ0) is 22.0. The SMILES string of the molecule is Cc1cc(CCN2C[C@H](O)C[C@H]2C(=O)NCc2ccc(-c3scnc3C)c(C)c2)on1. The van der Waals surface area contributed by atoms with Crippen molar-refractivity contribution in [3.8, 4) is 10.4 Å². The lowest BCUT2D eigenvalue weighted by Crippen LogP contribution is -2.43. The zero-order valence-electron chi connectivity index (χ0n) is 18.1. The smallest absolute Gasteiger partial charge is 0.237 e. The fourth-order valence-corrected chi connectivity index (χ4v) is 5.04. The molecule has 1 aliphatic rings. The maximum Gasteiger partial charge on any atom is 0.237 e. The van der Waals surface area contributed by atoms with Crippen molar-refractivity contribution < 1.29 is 14.4 Å². The Morgan fingerprint density at radius 2 is 2.16 bits per heavy atom. The minimum Gasteiger partial charge on any atom is -0.392 e. The molecule has 0 saturated carbocycles. The fraction of sp³-hybridized carbons (Fsp3) is 0.435. The number of benzene rings is 1. The van der Waals surface area contributed by atoms with E-state index in [1.54, 1.807) is 11.3 Å². The summed E-state index contributed by atoms with van der Waals surface area (Å²) in [6.07, 6.45) is 0.621. The lowest BCUT2D eigenvalue weighted by molar-refractivity contribution is -0.125. The molecule has 1 aliphatic heterocycles. The number of aliphatic hydroxyl groups excluding tert-OH is 1. The molecule has 0 bridgehead atoms. The van der Waals surface area contributed by atoms with Crippen LogP contribution in [0.4, 0.5) is 0 Å². The van der Waals surface area contributed by atoms with E-state index in [0.717, 1.165) is 22.7 Å². The molecule has 31 heavy (non-hydrogen) atoms. The second-order valence-electron chi connectivity index (χ2n) is 8.22. The molecule has 1 amide bonds. The molecule has 1 fully saturated rings. The molecule has 2 N–H and O–H groups in total. The van der Waals surface area contributed by atoms with Crippen molar-refractivity contribution in [1.82, 2.24) is 20.4 Å². The third-order valence-electron chi connectivity index (χ3n) is 5.75. The van der Waals surface area contributed by atoms with E-state index in [2.05, 4.69) is 40.6 Å². The van der Waals surface area contributed by atoms with Crippen molar-refractivity contribution in [1.29, 1.82) is 0 Å². The van der Waals surface area contributed by atoms with Crippen LogP contribution in [0.15, 0.2) is 34.3 Å². The quantitative estimate of drug-likeness (QED) is 0.587. The molecular weight excluding hydrogens is 412 g/mol. The van der Waals surface area contributed by atoms with E-state index in [0.29, 0.717) is 32.5 Å². The van der Waals surface area contributed by atoms with Crippen LogP contribution in [0.2, 0.25) is 0 Å². The predicted octanol–water partition coefficient (Wildman–Crippen LogP) is 3.02. The van der Waals surface area contributed by atoms with E-state index in [4.69, 9.17) is 4.52 Å². The van der Waals surface area contributed by atoms with Gasteiger partial charge in [0.15, 0.2) is 0 Å². The minimum atomic E-state index is -0.489. The number of amides is 1. The van der Waals surface area contributed by atoms with Crippen molar-refractivity contribution in [2.75, 3.05) is 13.1 Å². The topological polar surface area (TPSA) is 91.5 Å². The van der Waals surface area contributed by atoms with Gasteiger partial charge in [-0.3, -0.25) is 9.69 Å². The Hall–Kier alpha value is -2.55. The lowest BCUT2D eigenvalue weighted by atomic mass is 10.0. The summed E-state index contributed by atoms with van der Waals surface area (Å²) < 4.78 is 5.26. The molecule has 0 aliphatic carbocycles. The van der Waals surface area contributed by atoms with Crippen molar-refractivity contribution in [3.63, 3.8) is 0 Å². The number of likely N-dealkylation sites (tertiary alicyclic amines) is 1. The molecule has 3 aromatic rings. The third kappa shape index (κ3) is 5.03. The van der Waals surface area contributed by atoms with E-state index >= 15 is 0 Å². The maximum absolute atomic E-state index is 12.9. The van der Waals surface area contributed by atoms with Crippen molar-refractivity contribution >= 4 is 17.2 Å². The van der Waals surface area contributed by atoms with Crippen molar-refractivity contribution in [3.05, 3.63) is 58.1 Å². The monoisotopic (exact) mass is 440 g/mol. The molecule has 0 unspecified atom stereocenters. The van der Waals surface area contributed by atoms with Gasteiger partial charge in [-0.15, -0.1) is 11.3 Å². The summed E-state index contributed by atoms with van der Waals surface area (Å²) >= 11 is 1.64. The average Bonchev–Trinajstić information content (AvgIpc) is 3.45. The molecule has 164 valence electrons. The summed E-state index contributed by atoms with van der Waals surface area (Å²) in [4.78, 5) is 20.4. The summed E-state index contributed by atoms with van der Waals surface area (Å²) in [6.45, 7) is 7.59. The standard InChI is InChI=1S/C23H28N4O3S/c1-14-8-17(4-5-20(14)22-16(3)25-13-31-22)11-24-23(29)21-10-18(28)12-27(21)7-6-19-9-15(2)26-30-19/h4-5,8-9,13,18,21,28H,6-7,10-12H2,1-3H3,(H,24,29)/t18-,21+/m1/s1. The number of aliphatic hydroxyl groups is 1. The Kier molecular flexibility index (Phi) is 6.50. The number of thiazole rings is 1. The van der Waals surface area contributed by atoms with Crippen molar-refractivity contribution in [2.45, 2.75) is 52.3 Å². The van der Waals surface area contributed by atoms with Gasteiger partial charge in [0.1, 0.15) is 5.76 Å². The van der Waals surface area contributed by atoms with Crippen LogP contribution in [0.5, 0.6) is 0 Å². The number of β-amino-alcohol motifs (C(OH)–C–C–N with tert-alkyl or cyclic N) is 1. The number of nitrogens with zero attached hydrogens (tertiary/aromatic N) is 3. The van der Waals surface area contributed by atoms with Gasteiger partial charge in [0.05, 0.1) is 33.9 Å². The highest BCUT2D eigenvalue weighted by Crippen LogP contribution is 2.30. The van der Waals surface area contributed by atoms with Crippen LogP contribution in [0, 0.1) is 20.8 Å². The number of carbonyl (C=O) groups excluding carboxylic acids is 1. The highest BCUT2D eigenvalue weighted by atomic mass is 32.1. The van der Waals surface area contributed by atoms with Gasteiger partial charge in [0.25, 0.3) is 0 Å². The number of rotatable bonds is 7. The number of nitrogens with one attached hydrogen (secondary N) is 1. The van der Waals surface area contributed by atoms with Crippen LogP contribution in [-0.2, 0) is 17.8 Å². The first-order chi connectivity index (χ1) is 14.9. The normalized spacial score (nSPS) is 19.1. The summed E-state index contributed by atoms with van der Waals surface area (Å²) in [5, 5.41) is 17.1. The Morgan fingerprint density at radius 1 is 1.32 bits per heavy atom. The number of hydrogen-bond donors (Lipinski definition) is 2. The van der Waals surface area contributed by atoms with Crippen LogP contribution in [0.25, 0.3) is 10.4 Å². The first-order valence-corrected chi connectivity index (χ1v) is 11.4. The van der Waals surface area contributed by atoms with E-state index in [1.807, 2.05) is 30.3 Å². The molecule has 2 atom stereocenters. The second-order valence-corrected chi connectivity index (χ2v) is 9.07. The Labute approximate surface area is 186 Å². The summed E-state index contributed by atoms with van der Waals surface area (Å²) in [7, 11) is 0. The van der Waals surface area contributed by atoms with Gasteiger partial charge in [-0.1, -0.05) is 23.4 Å². The van der Waals surface area contributed by atoms with E-state index < -0.39 is 6.10 Å². The van der Waals surface area contributed by atoms with Gasteiger partial charge < -0.3 is 14.9 Å². The highest BCUT2D eigenvalue weighted by molar-refractivity contribution is 7.13. The molecule has 2 aromatic heterocycles. The maximum atomic E-state index is 12.9. The van der Waals surface area contributed by atoms with Crippen LogP contribution in [-0.4, -0.2) is 51.3 Å². The molecule has 0 spiro atoms. The molecule has 3 heterocycles. The largest absolute Gasteiger partial charge is 0.392 e. The number of hydrogen-bond acceptors (Lipinski definition) is 7. The van der Waals surface area contributed by atoms with Gasteiger partial charge in [-0.25, -0.2) is 4.98 Å². The average molecular weight is 441 g/mol. The van der Waals surface area contributed by atoms with E-state index in [9.17, 15) is 9.90 Å². The van der Waals surface area contributed by atoms with Crippen LogP contribution >= 0.6 is 11.3 Å². The van der Waals surface area contributed by atoms with Crippen LogP contribution in [0.1, 0.15) is 34.7 Å². The molecular formula is C23H28N4O3S.